The second-order valence-electron chi connectivity index (χ2n) is 4.17. The molecule has 2 aromatic rings. The van der Waals surface area contributed by atoms with Crippen molar-refractivity contribution in [1.29, 1.82) is 0 Å². The van der Waals surface area contributed by atoms with Gasteiger partial charge < -0.3 is 11.1 Å². The summed E-state index contributed by atoms with van der Waals surface area (Å²) >= 11 is 0. The Morgan fingerprint density at radius 1 is 1.35 bits per heavy atom. The number of anilines is 2. The maximum absolute atomic E-state index is 12.5. The predicted molar refractivity (Wildman–Crippen MR) is 66.8 cm³/mol. The van der Waals surface area contributed by atoms with Gasteiger partial charge in [0.05, 0.1) is 17.6 Å². The van der Waals surface area contributed by atoms with E-state index in [4.69, 9.17) is 5.73 Å². The number of nitrogen functional groups attached to an aromatic ring is 1. The fourth-order valence-corrected chi connectivity index (χ4v) is 1.58. The molecule has 0 fully saturated rings. The van der Waals surface area contributed by atoms with Crippen LogP contribution in [0.4, 0.5) is 24.5 Å². The highest BCUT2D eigenvalue weighted by Gasteiger charge is 2.32. The molecule has 108 valence electrons. The minimum atomic E-state index is -4.49. The number of hydrogen-bond donors (Lipinski definition) is 2. The maximum Gasteiger partial charge on any atom is 0.433 e. The molecule has 2 rings (SSSR count). The standard InChI is InChI=1S/C11H13F3N6/c1-20-6-18-10(19-20)2-3-16-8-4-9(11(12,13)14)17-5-7(8)15/h4-6H,2-3,15H2,1H3,(H,16,17). The second-order valence-corrected chi connectivity index (χ2v) is 4.17. The van der Waals surface area contributed by atoms with Gasteiger partial charge in [-0.2, -0.15) is 18.3 Å². The number of nitrogens with one attached hydrogen (secondary N) is 1. The van der Waals surface area contributed by atoms with Crippen molar-refractivity contribution in [2.45, 2.75) is 12.6 Å². The van der Waals surface area contributed by atoms with Gasteiger partial charge in [-0.3, -0.25) is 4.68 Å². The third-order valence-electron chi connectivity index (χ3n) is 2.54. The molecule has 0 unspecified atom stereocenters. The number of rotatable bonds is 4. The number of hydrogen-bond acceptors (Lipinski definition) is 5. The van der Waals surface area contributed by atoms with Gasteiger partial charge in [0.15, 0.2) is 5.82 Å². The van der Waals surface area contributed by atoms with E-state index in [1.54, 1.807) is 18.1 Å². The van der Waals surface area contributed by atoms with Crippen LogP contribution in [-0.4, -0.2) is 26.3 Å². The smallest absolute Gasteiger partial charge is 0.396 e. The largest absolute Gasteiger partial charge is 0.433 e. The van der Waals surface area contributed by atoms with E-state index >= 15 is 0 Å². The highest BCUT2D eigenvalue weighted by Crippen LogP contribution is 2.30. The molecule has 9 heteroatoms. The topological polar surface area (TPSA) is 81.7 Å². The van der Waals surface area contributed by atoms with E-state index in [9.17, 15) is 13.2 Å². The van der Waals surface area contributed by atoms with E-state index in [1.807, 2.05) is 0 Å². The molecule has 0 aliphatic carbocycles. The van der Waals surface area contributed by atoms with Gasteiger partial charge in [-0.25, -0.2) is 9.97 Å². The predicted octanol–water partition coefficient (Wildman–Crippen LogP) is 1.47. The van der Waals surface area contributed by atoms with Crippen molar-refractivity contribution in [1.82, 2.24) is 19.7 Å². The van der Waals surface area contributed by atoms with Crippen LogP contribution in [0, 0.1) is 0 Å². The molecule has 0 spiro atoms. The zero-order valence-electron chi connectivity index (χ0n) is 10.6. The molecule has 0 atom stereocenters. The van der Waals surface area contributed by atoms with Crippen molar-refractivity contribution in [3.63, 3.8) is 0 Å². The average Bonchev–Trinajstić information content (AvgIpc) is 2.76. The molecule has 2 heterocycles. The Kier molecular flexibility index (Phi) is 3.77. The normalized spacial score (nSPS) is 11.6. The van der Waals surface area contributed by atoms with Crippen molar-refractivity contribution in [3.8, 4) is 0 Å². The Morgan fingerprint density at radius 3 is 2.70 bits per heavy atom. The van der Waals surface area contributed by atoms with Crippen LogP contribution in [0.5, 0.6) is 0 Å². The second kappa shape index (κ2) is 5.35. The summed E-state index contributed by atoms with van der Waals surface area (Å²) in [7, 11) is 1.74. The SMILES string of the molecule is Cn1cnc(CCNc2cc(C(F)(F)F)ncc2N)n1. The molecule has 0 saturated carbocycles. The molecule has 0 aliphatic rings. The molecule has 0 saturated heterocycles. The minimum absolute atomic E-state index is 0.159. The van der Waals surface area contributed by atoms with Crippen LogP contribution in [0.1, 0.15) is 11.5 Å². The number of nitrogens with two attached hydrogens (primary N) is 1. The van der Waals surface area contributed by atoms with Crippen LogP contribution in [0.3, 0.4) is 0 Å². The van der Waals surface area contributed by atoms with Gasteiger partial charge in [-0.15, -0.1) is 0 Å². The van der Waals surface area contributed by atoms with E-state index in [1.165, 1.54) is 0 Å². The zero-order valence-corrected chi connectivity index (χ0v) is 10.6. The first-order valence-corrected chi connectivity index (χ1v) is 5.77. The zero-order chi connectivity index (χ0) is 14.8. The summed E-state index contributed by atoms with van der Waals surface area (Å²) in [6.45, 7) is 0.371. The minimum Gasteiger partial charge on any atom is -0.396 e. The fourth-order valence-electron chi connectivity index (χ4n) is 1.58. The summed E-state index contributed by atoms with van der Waals surface area (Å²) in [6, 6.07) is 0.890. The number of aryl methyl sites for hydroxylation is 1. The quantitative estimate of drug-likeness (QED) is 0.889. The van der Waals surface area contributed by atoms with E-state index < -0.39 is 11.9 Å². The van der Waals surface area contributed by atoms with Crippen LogP contribution in [0.2, 0.25) is 0 Å². The molecule has 0 bridgehead atoms. The van der Waals surface area contributed by atoms with Gasteiger partial charge in [-0.1, -0.05) is 0 Å². The van der Waals surface area contributed by atoms with E-state index in [2.05, 4.69) is 20.4 Å². The van der Waals surface area contributed by atoms with Gasteiger partial charge >= 0.3 is 6.18 Å². The van der Waals surface area contributed by atoms with Crippen LogP contribution < -0.4 is 11.1 Å². The monoisotopic (exact) mass is 286 g/mol. The number of pyridine rings is 1. The van der Waals surface area contributed by atoms with Gasteiger partial charge in [0.2, 0.25) is 0 Å². The first-order chi connectivity index (χ1) is 9.36. The van der Waals surface area contributed by atoms with Crippen molar-refractivity contribution in [3.05, 3.63) is 30.1 Å². The lowest BCUT2D eigenvalue weighted by Crippen LogP contribution is -2.12. The van der Waals surface area contributed by atoms with Crippen molar-refractivity contribution in [2.75, 3.05) is 17.6 Å². The van der Waals surface area contributed by atoms with Gasteiger partial charge in [0, 0.05) is 20.0 Å². The van der Waals surface area contributed by atoms with Crippen molar-refractivity contribution < 1.29 is 13.2 Å². The van der Waals surface area contributed by atoms with Gasteiger partial charge in [0.25, 0.3) is 0 Å². The Bertz CT molecular complexity index is 592. The van der Waals surface area contributed by atoms with E-state index in [0.717, 1.165) is 12.3 Å². The Labute approximate surface area is 112 Å². The number of halogens is 3. The molecule has 2 aromatic heterocycles. The summed E-state index contributed by atoms with van der Waals surface area (Å²) in [5.41, 5.74) is 4.96. The molecule has 20 heavy (non-hydrogen) atoms. The Morgan fingerprint density at radius 2 is 2.10 bits per heavy atom. The number of alkyl halides is 3. The molecule has 6 nitrogen and oxygen atoms in total. The lowest BCUT2D eigenvalue weighted by molar-refractivity contribution is -0.141. The Balaban J connectivity index is 2.02. The lowest BCUT2D eigenvalue weighted by Gasteiger charge is -2.11. The number of nitrogens with zero attached hydrogens (tertiary/aromatic N) is 4. The lowest BCUT2D eigenvalue weighted by atomic mass is 10.2. The van der Waals surface area contributed by atoms with E-state index in [-0.39, 0.29) is 11.4 Å². The molecule has 0 amide bonds. The highest BCUT2D eigenvalue weighted by molar-refractivity contribution is 5.65. The third kappa shape index (κ3) is 3.37. The summed E-state index contributed by atoms with van der Waals surface area (Å²) in [6.07, 6.45) is -1.47. The Hall–Kier alpha value is -2.32. The van der Waals surface area contributed by atoms with Crippen molar-refractivity contribution in [2.24, 2.45) is 7.05 Å². The van der Waals surface area contributed by atoms with Crippen LogP contribution in [0.15, 0.2) is 18.6 Å². The van der Waals surface area contributed by atoms with Crippen LogP contribution in [-0.2, 0) is 19.6 Å². The molecular weight excluding hydrogens is 273 g/mol. The molecule has 0 aliphatic heterocycles. The maximum atomic E-state index is 12.5. The number of aromatic nitrogens is 4. The summed E-state index contributed by atoms with van der Waals surface area (Å²) < 4.78 is 39.2. The van der Waals surface area contributed by atoms with Crippen LogP contribution >= 0.6 is 0 Å². The fraction of sp³-hybridized carbons (Fsp3) is 0.364. The summed E-state index contributed by atoms with van der Waals surface area (Å²) in [5.74, 6) is 0.601. The van der Waals surface area contributed by atoms with Crippen LogP contribution in [0.25, 0.3) is 0 Å². The first kappa shape index (κ1) is 14.1. The van der Waals surface area contributed by atoms with Crippen molar-refractivity contribution >= 4 is 11.4 Å². The van der Waals surface area contributed by atoms with E-state index in [0.29, 0.717) is 18.8 Å². The summed E-state index contributed by atoms with van der Waals surface area (Å²) in [5, 5.41) is 6.89. The molecule has 0 radical (unpaired) electrons. The van der Waals surface area contributed by atoms with Gasteiger partial charge in [-0.05, 0) is 6.07 Å². The molecule has 3 N–H and O–H groups in total. The third-order valence-corrected chi connectivity index (χ3v) is 2.54. The molecule has 0 aromatic carbocycles. The summed E-state index contributed by atoms with van der Waals surface area (Å²) in [4.78, 5) is 7.28. The average molecular weight is 286 g/mol. The van der Waals surface area contributed by atoms with Gasteiger partial charge in [0.1, 0.15) is 12.0 Å². The highest BCUT2D eigenvalue weighted by atomic mass is 19.4. The first-order valence-electron chi connectivity index (χ1n) is 5.77. The molecular formula is C11H13F3N6.